The molecule has 16 heavy (non-hydrogen) atoms. The zero-order valence-corrected chi connectivity index (χ0v) is 10.7. The highest BCUT2D eigenvalue weighted by molar-refractivity contribution is 5.38. The van der Waals surface area contributed by atoms with Crippen LogP contribution >= 0.6 is 0 Å². The van der Waals surface area contributed by atoms with E-state index < -0.39 is 0 Å². The molecule has 0 aliphatic carbocycles. The van der Waals surface area contributed by atoms with Crippen molar-refractivity contribution in [3.63, 3.8) is 0 Å². The molecule has 0 fully saturated rings. The van der Waals surface area contributed by atoms with Crippen LogP contribution in [0, 0.1) is 11.8 Å². The van der Waals surface area contributed by atoms with Crippen molar-refractivity contribution in [3.05, 3.63) is 35.4 Å². The minimum absolute atomic E-state index is 0.0118. The van der Waals surface area contributed by atoms with Gasteiger partial charge in [0, 0.05) is 5.56 Å². The zero-order chi connectivity index (χ0) is 12.2. The number of hydrogen-bond acceptors (Lipinski definition) is 1. The van der Waals surface area contributed by atoms with Gasteiger partial charge in [-0.15, -0.1) is 0 Å². The van der Waals surface area contributed by atoms with Crippen LogP contribution in [0.25, 0.3) is 0 Å². The summed E-state index contributed by atoms with van der Waals surface area (Å²) in [5.41, 5.74) is 8.32. The van der Waals surface area contributed by atoms with Gasteiger partial charge in [0.15, 0.2) is 0 Å². The van der Waals surface area contributed by atoms with Gasteiger partial charge in [-0.1, -0.05) is 51.7 Å². The summed E-state index contributed by atoms with van der Waals surface area (Å²) in [6.07, 6.45) is 0.896. The van der Waals surface area contributed by atoms with Gasteiger partial charge in [0.2, 0.25) is 0 Å². The van der Waals surface area contributed by atoms with E-state index in [2.05, 4.69) is 56.9 Å². The van der Waals surface area contributed by atoms with Gasteiger partial charge < -0.3 is 5.73 Å². The summed E-state index contributed by atoms with van der Waals surface area (Å²) in [6.45, 7) is 8.67. The highest BCUT2D eigenvalue weighted by atomic mass is 14.6. The molecule has 0 amide bonds. The second-order valence-electron chi connectivity index (χ2n) is 5.11. The fourth-order valence-electron chi connectivity index (χ4n) is 1.33. The molecule has 0 aromatic heterocycles. The van der Waals surface area contributed by atoms with E-state index in [1.807, 2.05) is 6.92 Å². The molecule has 0 saturated carbocycles. The lowest BCUT2D eigenvalue weighted by Gasteiger charge is -2.18. The first-order valence-electron chi connectivity index (χ1n) is 5.81. The maximum absolute atomic E-state index is 5.75. The molecule has 0 radical (unpaired) electrons. The van der Waals surface area contributed by atoms with Gasteiger partial charge in [-0.25, -0.2) is 0 Å². The van der Waals surface area contributed by atoms with Crippen molar-refractivity contribution in [1.82, 2.24) is 0 Å². The lowest BCUT2D eigenvalue weighted by molar-refractivity contribution is 0.590. The largest absolute Gasteiger partial charge is 0.318 e. The molecule has 0 spiro atoms. The third-order valence-electron chi connectivity index (χ3n) is 2.59. The van der Waals surface area contributed by atoms with Gasteiger partial charge in [-0.05, 0) is 29.5 Å². The molecule has 1 atom stereocenters. The minimum Gasteiger partial charge on any atom is -0.318 e. The van der Waals surface area contributed by atoms with Gasteiger partial charge in [-0.3, -0.25) is 0 Å². The molecule has 0 bridgehead atoms. The molecule has 0 aliphatic heterocycles. The van der Waals surface area contributed by atoms with Crippen LogP contribution in [0.15, 0.2) is 24.3 Å². The summed E-state index contributed by atoms with van der Waals surface area (Å²) < 4.78 is 0. The Balaban J connectivity index is 2.83. The average Bonchev–Trinajstić information content (AvgIpc) is 2.25. The van der Waals surface area contributed by atoms with Crippen LogP contribution in [-0.4, -0.2) is 6.04 Å². The van der Waals surface area contributed by atoms with E-state index in [0.29, 0.717) is 0 Å². The van der Waals surface area contributed by atoms with Crippen LogP contribution in [-0.2, 0) is 5.41 Å². The number of hydrogen-bond donors (Lipinski definition) is 1. The predicted octanol–water partition coefficient (Wildman–Crippen LogP) is 3.07. The summed E-state index contributed by atoms with van der Waals surface area (Å²) in [7, 11) is 0. The predicted molar refractivity (Wildman–Crippen MR) is 70.3 cm³/mol. The van der Waals surface area contributed by atoms with E-state index >= 15 is 0 Å². The normalized spacial score (nSPS) is 12.8. The smallest absolute Gasteiger partial charge is 0.0665 e. The maximum Gasteiger partial charge on any atom is 0.0665 e. The van der Waals surface area contributed by atoms with Crippen LogP contribution in [0.1, 0.15) is 45.2 Å². The SMILES string of the molecule is CCC(N)C#Cc1ccc(C(C)(C)C)cc1. The zero-order valence-electron chi connectivity index (χ0n) is 10.7. The Bertz CT molecular complexity index is 384. The third kappa shape index (κ3) is 3.72. The highest BCUT2D eigenvalue weighted by Gasteiger charge is 2.12. The lowest BCUT2D eigenvalue weighted by Crippen LogP contribution is -2.15. The molecular weight excluding hydrogens is 194 g/mol. The molecule has 2 N–H and O–H groups in total. The number of nitrogens with two attached hydrogens (primary N) is 1. The molecule has 0 aliphatic rings. The van der Waals surface area contributed by atoms with Gasteiger partial charge in [0.25, 0.3) is 0 Å². The van der Waals surface area contributed by atoms with Crippen LogP contribution in [0.3, 0.4) is 0 Å². The number of rotatable bonds is 1. The van der Waals surface area contributed by atoms with E-state index in [0.717, 1.165) is 12.0 Å². The van der Waals surface area contributed by atoms with Gasteiger partial charge in [-0.2, -0.15) is 0 Å². The fourth-order valence-corrected chi connectivity index (χ4v) is 1.33. The fraction of sp³-hybridized carbons (Fsp3) is 0.467. The van der Waals surface area contributed by atoms with Gasteiger partial charge >= 0.3 is 0 Å². The first-order valence-corrected chi connectivity index (χ1v) is 5.81. The van der Waals surface area contributed by atoms with Crippen molar-refractivity contribution in [2.24, 2.45) is 5.73 Å². The van der Waals surface area contributed by atoms with Crippen LogP contribution < -0.4 is 5.73 Å². The third-order valence-corrected chi connectivity index (χ3v) is 2.59. The standard InChI is InChI=1S/C15H21N/c1-5-14(16)11-8-12-6-9-13(10-7-12)15(2,3)4/h6-7,9-10,14H,5,16H2,1-4H3. The molecule has 1 unspecified atom stereocenters. The Morgan fingerprint density at radius 3 is 2.19 bits per heavy atom. The summed E-state index contributed by atoms with van der Waals surface area (Å²) >= 11 is 0. The van der Waals surface area contributed by atoms with Gasteiger partial charge in [0.1, 0.15) is 0 Å². The van der Waals surface area contributed by atoms with Crippen molar-refractivity contribution in [3.8, 4) is 11.8 Å². The second-order valence-corrected chi connectivity index (χ2v) is 5.11. The van der Waals surface area contributed by atoms with Crippen molar-refractivity contribution in [2.45, 2.75) is 45.6 Å². The molecular formula is C15H21N. The second kappa shape index (κ2) is 5.18. The molecule has 0 heterocycles. The summed E-state index contributed by atoms with van der Waals surface area (Å²) in [5, 5.41) is 0. The maximum atomic E-state index is 5.75. The Morgan fingerprint density at radius 2 is 1.75 bits per heavy atom. The summed E-state index contributed by atoms with van der Waals surface area (Å²) in [5.74, 6) is 6.13. The van der Waals surface area contributed by atoms with Crippen LogP contribution in [0.2, 0.25) is 0 Å². The number of benzene rings is 1. The quantitative estimate of drug-likeness (QED) is 0.716. The van der Waals surface area contributed by atoms with Crippen molar-refractivity contribution in [1.29, 1.82) is 0 Å². The van der Waals surface area contributed by atoms with E-state index in [9.17, 15) is 0 Å². The lowest BCUT2D eigenvalue weighted by atomic mass is 9.87. The Hall–Kier alpha value is -1.26. The van der Waals surface area contributed by atoms with Crippen LogP contribution in [0.5, 0.6) is 0 Å². The Kier molecular flexibility index (Phi) is 4.15. The first kappa shape index (κ1) is 12.8. The molecule has 1 aromatic rings. The summed E-state index contributed by atoms with van der Waals surface area (Å²) in [4.78, 5) is 0. The Labute approximate surface area is 99.1 Å². The minimum atomic E-state index is -0.0118. The summed E-state index contributed by atoms with van der Waals surface area (Å²) in [6, 6.07) is 8.40. The monoisotopic (exact) mass is 215 g/mol. The van der Waals surface area contributed by atoms with Gasteiger partial charge in [0.05, 0.1) is 6.04 Å². The molecule has 0 saturated heterocycles. The van der Waals surface area contributed by atoms with Crippen molar-refractivity contribution < 1.29 is 0 Å². The van der Waals surface area contributed by atoms with Crippen LogP contribution in [0.4, 0.5) is 0 Å². The topological polar surface area (TPSA) is 26.0 Å². The van der Waals surface area contributed by atoms with Crippen molar-refractivity contribution in [2.75, 3.05) is 0 Å². The molecule has 1 rings (SSSR count). The highest BCUT2D eigenvalue weighted by Crippen LogP contribution is 2.21. The van der Waals surface area contributed by atoms with E-state index in [1.165, 1.54) is 5.56 Å². The van der Waals surface area contributed by atoms with E-state index in [1.54, 1.807) is 0 Å². The Morgan fingerprint density at radius 1 is 1.19 bits per heavy atom. The van der Waals surface area contributed by atoms with E-state index in [4.69, 9.17) is 5.73 Å². The van der Waals surface area contributed by atoms with E-state index in [-0.39, 0.29) is 11.5 Å². The molecule has 1 heteroatoms. The first-order chi connectivity index (χ1) is 7.43. The molecule has 86 valence electrons. The molecule has 1 nitrogen and oxygen atoms in total. The molecule has 1 aromatic carbocycles. The van der Waals surface area contributed by atoms with Crippen molar-refractivity contribution >= 4 is 0 Å². The average molecular weight is 215 g/mol.